The van der Waals surface area contributed by atoms with Gasteiger partial charge in [0.2, 0.25) is 0 Å². The molecule has 5 heteroatoms. The second-order valence-electron chi connectivity index (χ2n) is 6.98. The van der Waals surface area contributed by atoms with Gasteiger partial charge >= 0.3 is 0 Å². The zero-order valence-corrected chi connectivity index (χ0v) is 14.9. The van der Waals surface area contributed by atoms with E-state index < -0.39 is 0 Å². The van der Waals surface area contributed by atoms with Crippen molar-refractivity contribution in [3.8, 4) is 0 Å². The van der Waals surface area contributed by atoms with Crippen molar-refractivity contribution in [2.24, 2.45) is 4.99 Å². The van der Waals surface area contributed by atoms with Crippen molar-refractivity contribution >= 4 is 11.8 Å². The number of nitrogens with one attached hydrogen (secondary N) is 2. The van der Waals surface area contributed by atoms with E-state index >= 15 is 0 Å². The van der Waals surface area contributed by atoms with Gasteiger partial charge in [-0.2, -0.15) is 0 Å². The van der Waals surface area contributed by atoms with E-state index in [0.29, 0.717) is 6.04 Å². The molecule has 0 bridgehead atoms. The normalized spacial score (nSPS) is 20.0. The van der Waals surface area contributed by atoms with E-state index in [4.69, 9.17) is 0 Å². The van der Waals surface area contributed by atoms with Gasteiger partial charge in [-0.3, -0.25) is 4.99 Å². The molecule has 3 rings (SSSR count). The fourth-order valence-corrected chi connectivity index (χ4v) is 3.65. The molecular weight excluding hydrogens is 298 g/mol. The molecule has 0 radical (unpaired) electrons. The van der Waals surface area contributed by atoms with E-state index in [0.717, 1.165) is 31.4 Å². The molecular formula is C19H31N5. The van der Waals surface area contributed by atoms with Crippen LogP contribution >= 0.6 is 0 Å². The highest BCUT2D eigenvalue weighted by Gasteiger charge is 2.16. The summed E-state index contributed by atoms with van der Waals surface area (Å²) < 4.78 is 0. The Balaban J connectivity index is 1.49. The van der Waals surface area contributed by atoms with Crippen LogP contribution < -0.4 is 15.5 Å². The largest absolute Gasteiger partial charge is 0.357 e. The molecule has 132 valence electrons. The number of nitrogens with zero attached hydrogens (tertiary/aromatic N) is 3. The fourth-order valence-electron chi connectivity index (χ4n) is 3.65. The van der Waals surface area contributed by atoms with Gasteiger partial charge in [-0.15, -0.1) is 0 Å². The van der Waals surface area contributed by atoms with E-state index in [9.17, 15) is 0 Å². The minimum absolute atomic E-state index is 0.583. The molecule has 0 aromatic carbocycles. The van der Waals surface area contributed by atoms with E-state index in [1.54, 1.807) is 0 Å². The van der Waals surface area contributed by atoms with Gasteiger partial charge in [-0.05, 0) is 37.3 Å². The molecule has 0 spiro atoms. The third kappa shape index (κ3) is 4.86. The van der Waals surface area contributed by atoms with Crippen LogP contribution in [0.25, 0.3) is 0 Å². The maximum atomic E-state index is 4.68. The fraction of sp³-hybridized carbons (Fsp3) is 0.684. The molecule has 1 saturated heterocycles. The van der Waals surface area contributed by atoms with Gasteiger partial charge in [0.25, 0.3) is 0 Å². The van der Waals surface area contributed by atoms with Crippen LogP contribution in [0.2, 0.25) is 0 Å². The van der Waals surface area contributed by atoms with Crippen LogP contribution in [-0.2, 0) is 6.54 Å². The maximum absolute atomic E-state index is 4.68. The number of guanidine groups is 1. The summed E-state index contributed by atoms with van der Waals surface area (Å²) in [5, 5.41) is 6.92. The number of rotatable bonds is 4. The summed E-state index contributed by atoms with van der Waals surface area (Å²) in [6, 6.07) is 4.93. The van der Waals surface area contributed by atoms with Crippen LogP contribution in [-0.4, -0.2) is 37.1 Å². The molecule has 2 aliphatic rings. The Labute approximate surface area is 146 Å². The molecule has 0 atom stereocenters. The molecule has 1 aromatic heterocycles. The summed E-state index contributed by atoms with van der Waals surface area (Å²) in [6.45, 7) is 3.05. The first-order valence-corrected chi connectivity index (χ1v) is 9.52. The average molecular weight is 329 g/mol. The monoisotopic (exact) mass is 329 g/mol. The Kier molecular flexibility index (Phi) is 6.33. The molecule has 2 N–H and O–H groups in total. The summed E-state index contributed by atoms with van der Waals surface area (Å²) in [5.41, 5.74) is 1.20. The number of pyridine rings is 1. The zero-order valence-electron chi connectivity index (χ0n) is 14.9. The lowest BCUT2D eigenvalue weighted by molar-refractivity contribution is 0.613. The zero-order chi connectivity index (χ0) is 16.6. The molecule has 1 aromatic rings. The summed E-state index contributed by atoms with van der Waals surface area (Å²) in [7, 11) is 1.84. The van der Waals surface area contributed by atoms with Crippen LogP contribution in [0.3, 0.4) is 0 Å². The van der Waals surface area contributed by atoms with E-state index in [1.807, 2.05) is 13.2 Å². The van der Waals surface area contributed by atoms with Gasteiger partial charge in [0.15, 0.2) is 5.96 Å². The number of hydrogen-bond acceptors (Lipinski definition) is 3. The second kappa shape index (κ2) is 8.90. The Morgan fingerprint density at radius 1 is 1.12 bits per heavy atom. The van der Waals surface area contributed by atoms with Crippen molar-refractivity contribution in [2.75, 3.05) is 25.0 Å². The lowest BCUT2D eigenvalue weighted by Crippen LogP contribution is -2.41. The van der Waals surface area contributed by atoms with Crippen LogP contribution in [0.4, 0.5) is 5.82 Å². The Bertz CT molecular complexity index is 511. The summed E-state index contributed by atoms with van der Waals surface area (Å²) in [5.74, 6) is 2.02. The molecule has 2 fully saturated rings. The van der Waals surface area contributed by atoms with E-state index in [1.165, 1.54) is 56.9 Å². The molecule has 5 nitrogen and oxygen atoms in total. The highest BCUT2D eigenvalue weighted by molar-refractivity contribution is 5.79. The smallest absolute Gasteiger partial charge is 0.191 e. The molecule has 0 unspecified atom stereocenters. The first kappa shape index (κ1) is 17.1. The Morgan fingerprint density at radius 3 is 2.50 bits per heavy atom. The third-order valence-electron chi connectivity index (χ3n) is 5.12. The highest BCUT2D eigenvalue weighted by atomic mass is 15.2. The molecule has 1 saturated carbocycles. The first-order valence-electron chi connectivity index (χ1n) is 9.52. The van der Waals surface area contributed by atoms with Crippen LogP contribution in [0, 0.1) is 0 Å². The summed E-state index contributed by atoms with van der Waals surface area (Å²) in [6.07, 6.45) is 12.4. The summed E-state index contributed by atoms with van der Waals surface area (Å²) in [4.78, 5) is 11.4. The molecule has 24 heavy (non-hydrogen) atoms. The third-order valence-corrected chi connectivity index (χ3v) is 5.12. The van der Waals surface area contributed by atoms with Crippen LogP contribution in [0.15, 0.2) is 23.3 Å². The predicted molar refractivity (Wildman–Crippen MR) is 101 cm³/mol. The van der Waals surface area contributed by atoms with Crippen molar-refractivity contribution < 1.29 is 0 Å². The van der Waals surface area contributed by atoms with Gasteiger partial charge in [0.1, 0.15) is 5.82 Å². The van der Waals surface area contributed by atoms with Gasteiger partial charge in [0.05, 0.1) is 0 Å². The number of hydrogen-bond donors (Lipinski definition) is 2. The second-order valence-corrected chi connectivity index (χ2v) is 6.98. The van der Waals surface area contributed by atoms with E-state index in [2.05, 4.69) is 37.6 Å². The topological polar surface area (TPSA) is 52.6 Å². The molecule has 0 amide bonds. The minimum atomic E-state index is 0.583. The minimum Gasteiger partial charge on any atom is -0.357 e. The lowest BCUT2D eigenvalue weighted by atomic mass is 10.2. The van der Waals surface area contributed by atoms with E-state index in [-0.39, 0.29) is 0 Å². The van der Waals surface area contributed by atoms with Crippen molar-refractivity contribution in [3.63, 3.8) is 0 Å². The number of anilines is 1. The lowest BCUT2D eigenvalue weighted by Gasteiger charge is -2.21. The Morgan fingerprint density at radius 2 is 1.88 bits per heavy atom. The predicted octanol–water partition coefficient (Wildman–Crippen LogP) is 3.07. The van der Waals surface area contributed by atoms with Gasteiger partial charge in [0, 0.05) is 38.9 Å². The average Bonchev–Trinajstić information content (AvgIpc) is 2.98. The quantitative estimate of drug-likeness (QED) is 0.658. The molecule has 1 aliphatic heterocycles. The Hall–Kier alpha value is -1.78. The molecule has 1 aliphatic carbocycles. The summed E-state index contributed by atoms with van der Waals surface area (Å²) >= 11 is 0. The number of aromatic nitrogens is 1. The van der Waals surface area contributed by atoms with Gasteiger partial charge < -0.3 is 15.5 Å². The van der Waals surface area contributed by atoms with Crippen LogP contribution in [0.1, 0.15) is 56.9 Å². The van der Waals surface area contributed by atoms with Crippen LogP contribution in [0.5, 0.6) is 0 Å². The van der Waals surface area contributed by atoms with Crippen molar-refractivity contribution in [2.45, 2.75) is 64.0 Å². The maximum Gasteiger partial charge on any atom is 0.191 e. The SMILES string of the molecule is CN=C(NCc1ccc(N2CCCCCC2)nc1)NC1CCCC1. The van der Waals surface area contributed by atoms with Gasteiger partial charge in [-0.1, -0.05) is 31.7 Å². The number of aliphatic imine (C=N–C) groups is 1. The van der Waals surface area contributed by atoms with Crippen molar-refractivity contribution in [3.05, 3.63) is 23.9 Å². The first-order chi connectivity index (χ1) is 11.8. The van der Waals surface area contributed by atoms with Crippen molar-refractivity contribution in [1.29, 1.82) is 0 Å². The van der Waals surface area contributed by atoms with Gasteiger partial charge in [-0.25, -0.2) is 4.98 Å². The molecule has 2 heterocycles. The highest BCUT2D eigenvalue weighted by Crippen LogP contribution is 2.18. The standard InChI is InChI=1S/C19H31N5/c1-20-19(23-17-8-4-5-9-17)22-15-16-10-11-18(21-14-16)24-12-6-2-3-7-13-24/h10-11,14,17H,2-9,12-13,15H2,1H3,(H2,20,22,23). The van der Waals surface area contributed by atoms with Crippen molar-refractivity contribution in [1.82, 2.24) is 15.6 Å².